The highest BCUT2D eigenvalue weighted by atomic mass is 16.5. The molecule has 1 aliphatic rings. The summed E-state index contributed by atoms with van der Waals surface area (Å²) >= 11 is 0. The van der Waals surface area contributed by atoms with E-state index in [-0.39, 0.29) is 12.0 Å². The van der Waals surface area contributed by atoms with E-state index in [2.05, 4.69) is 20.7 Å². The Bertz CT molecular complexity index is 782. The molecule has 1 aliphatic heterocycles. The summed E-state index contributed by atoms with van der Waals surface area (Å²) in [5.74, 6) is 1.56. The van der Waals surface area contributed by atoms with E-state index in [1.54, 1.807) is 7.11 Å². The summed E-state index contributed by atoms with van der Waals surface area (Å²) in [4.78, 5) is 4.67. The SMILES string of the molecule is CCNC(=NCc1ccn(-c2ccc(OC)cc2)n1)NCC1(CCO)CCOC1. The van der Waals surface area contributed by atoms with Crippen LogP contribution in [0.5, 0.6) is 5.75 Å². The van der Waals surface area contributed by atoms with E-state index in [1.165, 1.54) is 0 Å². The van der Waals surface area contributed by atoms with Crippen LogP contribution in [0.1, 0.15) is 25.5 Å². The van der Waals surface area contributed by atoms with Crippen molar-refractivity contribution in [3.05, 3.63) is 42.2 Å². The Kier molecular flexibility index (Phi) is 7.48. The Morgan fingerprint density at radius 3 is 2.79 bits per heavy atom. The fourth-order valence-electron chi connectivity index (χ4n) is 3.41. The highest BCUT2D eigenvalue weighted by Gasteiger charge is 2.34. The Balaban J connectivity index is 1.61. The van der Waals surface area contributed by atoms with Crippen molar-refractivity contribution in [1.29, 1.82) is 0 Å². The van der Waals surface area contributed by atoms with Crippen LogP contribution in [-0.4, -0.2) is 60.9 Å². The lowest BCUT2D eigenvalue weighted by molar-refractivity contribution is 0.127. The maximum Gasteiger partial charge on any atom is 0.191 e. The molecule has 29 heavy (non-hydrogen) atoms. The van der Waals surface area contributed by atoms with Gasteiger partial charge in [0.15, 0.2) is 5.96 Å². The van der Waals surface area contributed by atoms with E-state index >= 15 is 0 Å². The molecule has 1 aromatic carbocycles. The molecule has 8 nitrogen and oxygen atoms in total. The zero-order valence-electron chi connectivity index (χ0n) is 17.2. The summed E-state index contributed by atoms with van der Waals surface area (Å²) in [6.45, 7) is 5.60. The van der Waals surface area contributed by atoms with Crippen molar-refractivity contribution in [2.24, 2.45) is 10.4 Å². The molecule has 1 unspecified atom stereocenters. The van der Waals surface area contributed by atoms with E-state index in [0.29, 0.717) is 13.2 Å². The number of aromatic nitrogens is 2. The molecular weight excluding hydrogens is 370 g/mol. The number of aliphatic hydroxyl groups is 1. The number of ether oxygens (including phenoxy) is 2. The zero-order chi connectivity index (χ0) is 20.5. The largest absolute Gasteiger partial charge is 0.497 e. The van der Waals surface area contributed by atoms with Crippen LogP contribution in [0.15, 0.2) is 41.5 Å². The quantitative estimate of drug-likeness (QED) is 0.438. The Morgan fingerprint density at radius 2 is 2.14 bits per heavy atom. The summed E-state index contributed by atoms with van der Waals surface area (Å²) in [5.41, 5.74) is 1.83. The highest BCUT2D eigenvalue weighted by Crippen LogP contribution is 2.31. The van der Waals surface area contributed by atoms with Crippen LogP contribution in [0.25, 0.3) is 5.69 Å². The van der Waals surface area contributed by atoms with Gasteiger partial charge in [0.2, 0.25) is 0 Å². The van der Waals surface area contributed by atoms with Gasteiger partial charge in [-0.2, -0.15) is 5.10 Å². The molecule has 1 aromatic heterocycles. The maximum atomic E-state index is 9.39. The first kappa shape index (κ1) is 21.1. The molecule has 0 saturated carbocycles. The molecular formula is C21H31N5O3. The molecule has 0 radical (unpaired) electrons. The summed E-state index contributed by atoms with van der Waals surface area (Å²) in [5, 5.41) is 20.7. The van der Waals surface area contributed by atoms with Gasteiger partial charge >= 0.3 is 0 Å². The van der Waals surface area contributed by atoms with Crippen LogP contribution in [-0.2, 0) is 11.3 Å². The van der Waals surface area contributed by atoms with Crippen LogP contribution in [0, 0.1) is 5.41 Å². The summed E-state index contributed by atoms with van der Waals surface area (Å²) in [7, 11) is 1.65. The maximum absolute atomic E-state index is 9.39. The fraction of sp³-hybridized carbons (Fsp3) is 0.524. The highest BCUT2D eigenvalue weighted by molar-refractivity contribution is 5.79. The Morgan fingerprint density at radius 1 is 1.31 bits per heavy atom. The monoisotopic (exact) mass is 401 g/mol. The lowest BCUT2D eigenvalue weighted by atomic mass is 9.84. The number of hydrogen-bond donors (Lipinski definition) is 3. The van der Waals surface area contributed by atoms with Gasteiger partial charge in [0.25, 0.3) is 0 Å². The average Bonchev–Trinajstić information content (AvgIpc) is 3.41. The number of aliphatic hydroxyl groups excluding tert-OH is 1. The predicted molar refractivity (Wildman–Crippen MR) is 113 cm³/mol. The third-order valence-electron chi connectivity index (χ3n) is 5.18. The zero-order valence-corrected chi connectivity index (χ0v) is 17.2. The topological polar surface area (TPSA) is 92.9 Å². The van der Waals surface area contributed by atoms with Crippen LogP contribution in [0.4, 0.5) is 0 Å². The third kappa shape index (κ3) is 5.71. The van der Waals surface area contributed by atoms with Gasteiger partial charge in [0, 0.05) is 37.9 Å². The summed E-state index contributed by atoms with van der Waals surface area (Å²) < 4.78 is 12.6. The summed E-state index contributed by atoms with van der Waals surface area (Å²) in [6, 6.07) is 9.73. The number of methoxy groups -OCH3 is 1. The van der Waals surface area contributed by atoms with E-state index in [9.17, 15) is 5.11 Å². The second-order valence-corrected chi connectivity index (χ2v) is 7.27. The van der Waals surface area contributed by atoms with Crippen LogP contribution >= 0.6 is 0 Å². The second kappa shape index (κ2) is 10.3. The molecule has 0 spiro atoms. The van der Waals surface area contributed by atoms with Gasteiger partial charge in [0.05, 0.1) is 31.6 Å². The molecule has 1 fully saturated rings. The minimum absolute atomic E-state index is 0.0269. The molecule has 3 rings (SSSR count). The number of nitrogens with zero attached hydrogens (tertiary/aromatic N) is 3. The number of aliphatic imine (C=N–C) groups is 1. The van der Waals surface area contributed by atoms with E-state index in [4.69, 9.17) is 9.47 Å². The van der Waals surface area contributed by atoms with Gasteiger partial charge in [-0.05, 0) is 50.1 Å². The molecule has 0 bridgehead atoms. The molecule has 0 amide bonds. The molecule has 2 heterocycles. The van der Waals surface area contributed by atoms with Crippen molar-refractivity contribution < 1.29 is 14.6 Å². The van der Waals surface area contributed by atoms with Crippen molar-refractivity contribution in [3.8, 4) is 11.4 Å². The molecule has 0 aliphatic carbocycles. The average molecular weight is 402 g/mol. The van der Waals surface area contributed by atoms with E-state index < -0.39 is 0 Å². The molecule has 3 N–H and O–H groups in total. The fourth-order valence-corrected chi connectivity index (χ4v) is 3.41. The minimum Gasteiger partial charge on any atom is -0.497 e. The van der Waals surface area contributed by atoms with Gasteiger partial charge in [-0.3, -0.25) is 0 Å². The van der Waals surface area contributed by atoms with Gasteiger partial charge in [-0.15, -0.1) is 0 Å². The first-order valence-corrected chi connectivity index (χ1v) is 10.1. The first-order chi connectivity index (χ1) is 14.2. The smallest absolute Gasteiger partial charge is 0.191 e. The van der Waals surface area contributed by atoms with E-state index in [0.717, 1.165) is 55.6 Å². The lowest BCUT2D eigenvalue weighted by Gasteiger charge is -2.27. The van der Waals surface area contributed by atoms with Crippen LogP contribution in [0.2, 0.25) is 0 Å². The summed E-state index contributed by atoms with van der Waals surface area (Å²) in [6.07, 6.45) is 3.61. The van der Waals surface area contributed by atoms with Gasteiger partial charge in [-0.25, -0.2) is 9.67 Å². The predicted octanol–water partition coefficient (Wildman–Crippen LogP) is 1.73. The molecule has 158 valence electrons. The van der Waals surface area contributed by atoms with Gasteiger partial charge in [0.1, 0.15) is 5.75 Å². The molecule has 2 aromatic rings. The second-order valence-electron chi connectivity index (χ2n) is 7.27. The van der Waals surface area contributed by atoms with Gasteiger partial charge in [-0.1, -0.05) is 0 Å². The van der Waals surface area contributed by atoms with Crippen molar-refractivity contribution in [2.75, 3.05) is 40.0 Å². The van der Waals surface area contributed by atoms with Crippen LogP contribution < -0.4 is 15.4 Å². The van der Waals surface area contributed by atoms with E-state index in [1.807, 2.05) is 48.1 Å². The number of hydrogen-bond acceptors (Lipinski definition) is 5. The van der Waals surface area contributed by atoms with Crippen molar-refractivity contribution in [1.82, 2.24) is 20.4 Å². The van der Waals surface area contributed by atoms with Gasteiger partial charge < -0.3 is 25.2 Å². The number of guanidine groups is 1. The third-order valence-corrected chi connectivity index (χ3v) is 5.18. The number of rotatable bonds is 9. The minimum atomic E-state index is -0.0269. The molecule has 8 heteroatoms. The molecule has 1 saturated heterocycles. The van der Waals surface area contributed by atoms with Crippen molar-refractivity contribution in [3.63, 3.8) is 0 Å². The number of benzene rings is 1. The Hall–Kier alpha value is -2.58. The normalized spacial score (nSPS) is 19.3. The number of nitrogens with one attached hydrogen (secondary N) is 2. The lowest BCUT2D eigenvalue weighted by Crippen LogP contribution is -2.44. The first-order valence-electron chi connectivity index (χ1n) is 10.1. The van der Waals surface area contributed by atoms with Crippen LogP contribution in [0.3, 0.4) is 0 Å². The molecule has 1 atom stereocenters. The van der Waals surface area contributed by atoms with Crippen molar-refractivity contribution in [2.45, 2.75) is 26.3 Å². The standard InChI is InChI=1S/C21H31N5O3/c1-3-22-20(24-15-21(9-12-27)10-13-29-16-21)23-14-17-8-11-26(25-17)18-4-6-19(28-2)7-5-18/h4-8,11,27H,3,9-10,12-16H2,1-2H3,(H2,22,23,24). The van der Waals surface area contributed by atoms with Crippen molar-refractivity contribution >= 4 is 5.96 Å². The Labute approximate surface area is 171 Å².